The first-order chi connectivity index (χ1) is 10.7. The second-order valence-electron chi connectivity index (χ2n) is 5.18. The summed E-state index contributed by atoms with van der Waals surface area (Å²) < 4.78 is 2.04. The summed E-state index contributed by atoms with van der Waals surface area (Å²) in [6.07, 6.45) is 3.62. The highest BCUT2D eigenvalue weighted by atomic mass is 35.5. The molecule has 0 fully saturated rings. The van der Waals surface area contributed by atoms with Gasteiger partial charge < -0.3 is 5.32 Å². The van der Waals surface area contributed by atoms with Gasteiger partial charge in [-0.15, -0.1) is 0 Å². The standard InChI is InChI=1S/C17H13ClN4/c1-11-8-12(18)6-7-13(11)20-17-16-9-19-10-22(16)15-5-3-2-4-14(15)21-17/h2-10H,1H3,(H,20,21). The number of fused-ring (bicyclic) bond motifs is 3. The molecule has 0 unspecified atom stereocenters. The number of imidazole rings is 1. The van der Waals surface area contributed by atoms with Crippen LogP contribution in [0.25, 0.3) is 16.6 Å². The number of aryl methyl sites for hydroxylation is 1. The largest absolute Gasteiger partial charge is 0.338 e. The number of para-hydroxylation sites is 2. The lowest BCUT2D eigenvalue weighted by molar-refractivity contribution is 1.19. The molecule has 1 N–H and O–H groups in total. The molecule has 0 radical (unpaired) electrons. The SMILES string of the molecule is Cc1cc(Cl)ccc1Nc1nc2ccccc2n2cncc12. The summed E-state index contributed by atoms with van der Waals surface area (Å²) in [5.41, 5.74) is 4.94. The number of hydrogen-bond acceptors (Lipinski definition) is 3. The van der Waals surface area contributed by atoms with E-state index in [1.807, 2.05) is 60.0 Å². The van der Waals surface area contributed by atoms with Crippen LogP contribution in [0.4, 0.5) is 11.5 Å². The van der Waals surface area contributed by atoms with Gasteiger partial charge in [0, 0.05) is 10.7 Å². The zero-order valence-corrected chi connectivity index (χ0v) is 12.7. The minimum absolute atomic E-state index is 0.726. The Morgan fingerprint density at radius 3 is 2.82 bits per heavy atom. The second-order valence-corrected chi connectivity index (χ2v) is 5.62. The lowest BCUT2D eigenvalue weighted by Gasteiger charge is -2.12. The van der Waals surface area contributed by atoms with Crippen LogP contribution < -0.4 is 5.32 Å². The van der Waals surface area contributed by atoms with E-state index in [9.17, 15) is 0 Å². The van der Waals surface area contributed by atoms with Crippen LogP contribution >= 0.6 is 11.6 Å². The predicted molar refractivity (Wildman–Crippen MR) is 90.0 cm³/mol. The van der Waals surface area contributed by atoms with Crippen LogP contribution in [0.3, 0.4) is 0 Å². The average molecular weight is 309 g/mol. The Bertz CT molecular complexity index is 990. The van der Waals surface area contributed by atoms with Crippen LogP contribution in [-0.4, -0.2) is 14.4 Å². The van der Waals surface area contributed by atoms with E-state index in [0.29, 0.717) is 0 Å². The van der Waals surface area contributed by atoms with Gasteiger partial charge in [0.2, 0.25) is 0 Å². The molecular formula is C17H13ClN4. The normalized spacial score (nSPS) is 11.2. The van der Waals surface area contributed by atoms with Gasteiger partial charge in [0.25, 0.3) is 0 Å². The number of halogens is 1. The molecule has 2 aromatic carbocycles. The topological polar surface area (TPSA) is 42.2 Å². The maximum atomic E-state index is 6.02. The van der Waals surface area contributed by atoms with Crippen molar-refractivity contribution in [1.82, 2.24) is 14.4 Å². The van der Waals surface area contributed by atoms with Gasteiger partial charge in [-0.25, -0.2) is 9.97 Å². The molecule has 0 aliphatic rings. The first kappa shape index (κ1) is 13.1. The van der Waals surface area contributed by atoms with E-state index in [-0.39, 0.29) is 0 Å². The minimum atomic E-state index is 0.726. The molecule has 0 aliphatic carbocycles. The third-order valence-corrected chi connectivity index (χ3v) is 3.93. The molecular weight excluding hydrogens is 296 g/mol. The first-order valence-corrected chi connectivity index (χ1v) is 7.34. The van der Waals surface area contributed by atoms with Gasteiger partial charge >= 0.3 is 0 Å². The van der Waals surface area contributed by atoms with Crippen molar-refractivity contribution >= 4 is 39.7 Å². The Labute approximate surface area is 132 Å². The van der Waals surface area contributed by atoms with Gasteiger partial charge in [0.05, 0.1) is 23.6 Å². The number of rotatable bonds is 2. The highest BCUT2D eigenvalue weighted by molar-refractivity contribution is 6.30. The van der Waals surface area contributed by atoms with Crippen molar-refractivity contribution in [2.24, 2.45) is 0 Å². The van der Waals surface area contributed by atoms with E-state index in [1.54, 1.807) is 6.33 Å². The Morgan fingerprint density at radius 1 is 1.09 bits per heavy atom. The molecule has 0 atom stereocenters. The summed E-state index contributed by atoms with van der Waals surface area (Å²) >= 11 is 6.02. The molecule has 4 nitrogen and oxygen atoms in total. The minimum Gasteiger partial charge on any atom is -0.338 e. The molecule has 0 saturated carbocycles. The average Bonchev–Trinajstić information content (AvgIpc) is 3.00. The van der Waals surface area contributed by atoms with Crippen molar-refractivity contribution < 1.29 is 0 Å². The lowest BCUT2D eigenvalue weighted by Crippen LogP contribution is -2.00. The van der Waals surface area contributed by atoms with E-state index in [4.69, 9.17) is 16.6 Å². The van der Waals surface area contributed by atoms with Gasteiger partial charge in [-0.05, 0) is 42.8 Å². The lowest BCUT2D eigenvalue weighted by atomic mass is 10.2. The Morgan fingerprint density at radius 2 is 1.95 bits per heavy atom. The van der Waals surface area contributed by atoms with Gasteiger partial charge in [-0.2, -0.15) is 0 Å². The van der Waals surface area contributed by atoms with Crippen LogP contribution in [0.15, 0.2) is 55.0 Å². The third kappa shape index (κ3) is 2.09. The predicted octanol–water partition coefficient (Wildman–Crippen LogP) is 4.59. The van der Waals surface area contributed by atoms with Gasteiger partial charge in [0.15, 0.2) is 5.82 Å². The molecule has 0 saturated heterocycles. The molecule has 108 valence electrons. The van der Waals surface area contributed by atoms with Crippen molar-refractivity contribution in [1.29, 1.82) is 0 Å². The number of aromatic nitrogens is 3. The number of hydrogen-bond donors (Lipinski definition) is 1. The smallest absolute Gasteiger partial charge is 0.157 e. The van der Waals surface area contributed by atoms with E-state index in [2.05, 4.69) is 10.3 Å². The Balaban J connectivity index is 1.91. The van der Waals surface area contributed by atoms with Crippen molar-refractivity contribution in [3.8, 4) is 0 Å². The van der Waals surface area contributed by atoms with Crippen molar-refractivity contribution in [2.45, 2.75) is 6.92 Å². The summed E-state index contributed by atoms with van der Waals surface area (Å²) in [7, 11) is 0. The van der Waals surface area contributed by atoms with E-state index >= 15 is 0 Å². The highest BCUT2D eigenvalue weighted by Gasteiger charge is 2.09. The van der Waals surface area contributed by atoms with Crippen LogP contribution in [0.2, 0.25) is 5.02 Å². The molecule has 0 amide bonds. The number of nitrogens with zero attached hydrogens (tertiary/aromatic N) is 3. The highest BCUT2D eigenvalue weighted by Crippen LogP contribution is 2.27. The maximum Gasteiger partial charge on any atom is 0.157 e. The number of anilines is 2. The summed E-state index contributed by atoms with van der Waals surface area (Å²) in [5.74, 6) is 0.779. The summed E-state index contributed by atoms with van der Waals surface area (Å²) in [4.78, 5) is 8.98. The van der Waals surface area contributed by atoms with Crippen LogP contribution in [0, 0.1) is 6.92 Å². The van der Waals surface area contributed by atoms with Crippen LogP contribution in [0.5, 0.6) is 0 Å². The fourth-order valence-electron chi connectivity index (χ4n) is 2.59. The third-order valence-electron chi connectivity index (χ3n) is 3.70. The van der Waals surface area contributed by atoms with Crippen LogP contribution in [-0.2, 0) is 0 Å². The molecule has 0 spiro atoms. The number of nitrogens with one attached hydrogen (secondary N) is 1. The van der Waals surface area contributed by atoms with Gasteiger partial charge in [-0.3, -0.25) is 4.40 Å². The van der Waals surface area contributed by atoms with Crippen molar-refractivity contribution in [2.75, 3.05) is 5.32 Å². The summed E-state index contributed by atoms with van der Waals surface area (Å²) in [6.45, 7) is 2.02. The quantitative estimate of drug-likeness (QED) is 0.589. The van der Waals surface area contributed by atoms with E-state index in [0.717, 1.165) is 38.6 Å². The van der Waals surface area contributed by atoms with E-state index in [1.165, 1.54) is 0 Å². The second kappa shape index (κ2) is 5.00. The Hall–Kier alpha value is -2.59. The molecule has 5 heteroatoms. The zero-order chi connectivity index (χ0) is 15.1. The van der Waals surface area contributed by atoms with E-state index < -0.39 is 0 Å². The van der Waals surface area contributed by atoms with Crippen molar-refractivity contribution in [3.63, 3.8) is 0 Å². The maximum absolute atomic E-state index is 6.02. The molecule has 2 aromatic heterocycles. The van der Waals surface area contributed by atoms with Crippen LogP contribution in [0.1, 0.15) is 5.56 Å². The van der Waals surface area contributed by atoms with Crippen molar-refractivity contribution in [3.05, 3.63) is 65.6 Å². The molecule has 22 heavy (non-hydrogen) atoms. The Kier molecular flexibility index (Phi) is 2.98. The fraction of sp³-hybridized carbons (Fsp3) is 0.0588. The monoisotopic (exact) mass is 308 g/mol. The molecule has 4 rings (SSSR count). The summed E-state index contributed by atoms with van der Waals surface area (Å²) in [5, 5.41) is 4.12. The molecule has 2 heterocycles. The number of benzene rings is 2. The zero-order valence-electron chi connectivity index (χ0n) is 11.9. The molecule has 4 aromatic rings. The molecule has 0 bridgehead atoms. The molecule has 0 aliphatic heterocycles. The van der Waals surface area contributed by atoms with Gasteiger partial charge in [-0.1, -0.05) is 23.7 Å². The van der Waals surface area contributed by atoms with Gasteiger partial charge in [0.1, 0.15) is 5.52 Å². The summed E-state index contributed by atoms with van der Waals surface area (Å²) in [6, 6.07) is 13.8. The fourth-order valence-corrected chi connectivity index (χ4v) is 2.82. The first-order valence-electron chi connectivity index (χ1n) is 6.96.